The average molecular weight is 307 g/mol. The van der Waals surface area contributed by atoms with Gasteiger partial charge in [-0.2, -0.15) is 16.3 Å². The van der Waals surface area contributed by atoms with Crippen LogP contribution in [0, 0.1) is 13.8 Å². The summed E-state index contributed by atoms with van der Waals surface area (Å²) in [5.74, 6) is 1.05. The summed E-state index contributed by atoms with van der Waals surface area (Å²) >= 11 is 1.53. The smallest absolute Gasteiger partial charge is 0.255 e. The maximum absolute atomic E-state index is 12.8. The molecule has 6 nitrogen and oxygen atoms in total. The molecule has 1 aliphatic heterocycles. The number of aromatic nitrogens is 2. The van der Waals surface area contributed by atoms with Crippen LogP contribution in [0.1, 0.15) is 40.1 Å². The molecule has 7 heteroatoms. The quantitative estimate of drug-likeness (QED) is 0.870. The van der Waals surface area contributed by atoms with Crippen molar-refractivity contribution in [2.75, 3.05) is 13.7 Å². The maximum Gasteiger partial charge on any atom is 0.255 e. The molecule has 1 amide bonds. The van der Waals surface area contributed by atoms with Crippen LogP contribution in [0.3, 0.4) is 0 Å². The van der Waals surface area contributed by atoms with Crippen molar-refractivity contribution in [1.82, 2.24) is 15.0 Å². The van der Waals surface area contributed by atoms with Gasteiger partial charge in [-0.25, -0.2) is 0 Å². The molecule has 3 heterocycles. The molecule has 3 rings (SSSR count). The number of aryl methyl sites for hydroxylation is 2. The molecule has 0 bridgehead atoms. The predicted octanol–water partition coefficient (Wildman–Crippen LogP) is 2.35. The number of carbonyl (C=O) groups is 1. The van der Waals surface area contributed by atoms with Gasteiger partial charge in [-0.15, -0.1) is 0 Å². The molecule has 2 atom stereocenters. The van der Waals surface area contributed by atoms with Crippen molar-refractivity contribution < 1.29 is 14.1 Å². The minimum atomic E-state index is -0.219. The second kappa shape index (κ2) is 5.57. The monoisotopic (exact) mass is 307 g/mol. The Bertz CT molecular complexity index is 651. The second-order valence-corrected chi connectivity index (χ2v) is 5.96. The Balaban J connectivity index is 1.91. The van der Waals surface area contributed by atoms with E-state index in [1.807, 2.05) is 17.7 Å². The van der Waals surface area contributed by atoms with Gasteiger partial charge in [0.1, 0.15) is 6.04 Å². The van der Waals surface area contributed by atoms with E-state index in [1.165, 1.54) is 11.3 Å². The number of methoxy groups -OCH3 is 1. The van der Waals surface area contributed by atoms with Crippen LogP contribution in [0.25, 0.3) is 0 Å². The average Bonchev–Trinajstić information content (AvgIpc) is 3.16. The van der Waals surface area contributed by atoms with Gasteiger partial charge in [0, 0.05) is 25.5 Å². The van der Waals surface area contributed by atoms with Crippen LogP contribution in [0.2, 0.25) is 0 Å². The van der Waals surface area contributed by atoms with Gasteiger partial charge in [-0.05, 0) is 24.8 Å². The number of thiophene rings is 1. The highest BCUT2D eigenvalue weighted by atomic mass is 32.1. The highest BCUT2D eigenvalue weighted by Gasteiger charge is 2.40. The van der Waals surface area contributed by atoms with Crippen molar-refractivity contribution in [2.24, 2.45) is 0 Å². The van der Waals surface area contributed by atoms with E-state index < -0.39 is 0 Å². The van der Waals surface area contributed by atoms with E-state index in [1.54, 1.807) is 18.9 Å². The van der Waals surface area contributed by atoms with Crippen LogP contribution in [0.4, 0.5) is 0 Å². The fourth-order valence-corrected chi connectivity index (χ4v) is 3.43. The highest BCUT2D eigenvalue weighted by Crippen LogP contribution is 2.34. The number of amides is 1. The minimum absolute atomic E-state index is 0.00541. The summed E-state index contributed by atoms with van der Waals surface area (Å²) in [5.41, 5.74) is 1.73. The number of rotatable bonds is 3. The first kappa shape index (κ1) is 14.2. The number of likely N-dealkylation sites (tertiary alicyclic amines) is 1. The molecule has 0 N–H and O–H groups in total. The van der Waals surface area contributed by atoms with E-state index in [0.29, 0.717) is 24.7 Å². The number of nitrogens with zero attached hydrogens (tertiary/aromatic N) is 3. The predicted molar refractivity (Wildman–Crippen MR) is 77.3 cm³/mol. The first-order valence-electron chi connectivity index (χ1n) is 6.77. The first-order valence-corrected chi connectivity index (χ1v) is 7.71. The fraction of sp³-hybridized carbons (Fsp3) is 0.500. The Kier molecular flexibility index (Phi) is 3.77. The van der Waals surface area contributed by atoms with Crippen molar-refractivity contribution in [3.8, 4) is 0 Å². The Hall–Kier alpha value is -1.73. The van der Waals surface area contributed by atoms with E-state index in [9.17, 15) is 4.79 Å². The van der Waals surface area contributed by atoms with Crippen molar-refractivity contribution in [3.05, 3.63) is 33.6 Å². The lowest BCUT2D eigenvalue weighted by atomic mass is 10.1. The number of hydrogen-bond donors (Lipinski definition) is 0. The van der Waals surface area contributed by atoms with Crippen molar-refractivity contribution in [1.29, 1.82) is 0 Å². The zero-order valence-electron chi connectivity index (χ0n) is 12.2. The second-order valence-electron chi connectivity index (χ2n) is 5.22. The molecular weight excluding hydrogens is 290 g/mol. The first-order chi connectivity index (χ1) is 10.1. The van der Waals surface area contributed by atoms with Crippen LogP contribution >= 0.6 is 11.3 Å². The van der Waals surface area contributed by atoms with E-state index in [4.69, 9.17) is 9.26 Å². The molecule has 1 fully saturated rings. The molecule has 112 valence electrons. The molecule has 0 saturated carbocycles. The van der Waals surface area contributed by atoms with Gasteiger partial charge < -0.3 is 14.2 Å². The lowest BCUT2D eigenvalue weighted by Gasteiger charge is -2.21. The molecule has 0 aliphatic carbocycles. The maximum atomic E-state index is 12.8. The lowest BCUT2D eigenvalue weighted by Crippen LogP contribution is -2.32. The molecule has 2 aromatic rings. The molecule has 0 aromatic carbocycles. The van der Waals surface area contributed by atoms with Gasteiger partial charge in [0.15, 0.2) is 5.82 Å². The number of hydrogen-bond acceptors (Lipinski definition) is 6. The Labute approximate surface area is 126 Å². The van der Waals surface area contributed by atoms with E-state index in [2.05, 4.69) is 10.1 Å². The van der Waals surface area contributed by atoms with E-state index >= 15 is 0 Å². The Morgan fingerprint density at radius 3 is 2.86 bits per heavy atom. The summed E-state index contributed by atoms with van der Waals surface area (Å²) in [6.45, 7) is 4.25. The van der Waals surface area contributed by atoms with Gasteiger partial charge >= 0.3 is 0 Å². The van der Waals surface area contributed by atoms with Gasteiger partial charge in [0.05, 0.1) is 11.7 Å². The molecule has 0 spiro atoms. The van der Waals surface area contributed by atoms with Crippen LogP contribution in [0.15, 0.2) is 15.3 Å². The number of carbonyl (C=O) groups excluding carboxylic acids is 1. The Morgan fingerprint density at radius 2 is 2.29 bits per heavy atom. The van der Waals surface area contributed by atoms with Gasteiger partial charge in [-0.1, -0.05) is 5.16 Å². The van der Waals surface area contributed by atoms with Crippen molar-refractivity contribution in [2.45, 2.75) is 32.4 Å². The normalized spacial score (nSPS) is 22.0. The lowest BCUT2D eigenvalue weighted by molar-refractivity contribution is 0.0670. The summed E-state index contributed by atoms with van der Waals surface area (Å²) in [4.78, 5) is 18.8. The third kappa shape index (κ3) is 2.58. The molecule has 2 aromatic heterocycles. The summed E-state index contributed by atoms with van der Waals surface area (Å²) in [6.07, 6.45) is 0.665. The van der Waals surface area contributed by atoms with Crippen molar-refractivity contribution >= 4 is 17.2 Å². The highest BCUT2D eigenvalue weighted by molar-refractivity contribution is 7.08. The van der Waals surface area contributed by atoms with Crippen molar-refractivity contribution in [3.63, 3.8) is 0 Å². The fourth-order valence-electron chi connectivity index (χ4n) is 2.61. The van der Waals surface area contributed by atoms with E-state index in [-0.39, 0.29) is 18.1 Å². The van der Waals surface area contributed by atoms with Crippen LogP contribution < -0.4 is 0 Å². The van der Waals surface area contributed by atoms with Crippen LogP contribution in [0.5, 0.6) is 0 Å². The molecule has 0 radical (unpaired) electrons. The molecule has 1 saturated heterocycles. The molecule has 0 unspecified atom stereocenters. The third-order valence-corrected chi connectivity index (χ3v) is 4.63. The van der Waals surface area contributed by atoms with Gasteiger partial charge in [0.2, 0.25) is 5.89 Å². The SMILES string of the molecule is CO[C@H]1C[C@H](c2nc(C)no2)N(C(=O)c2cscc2C)C1. The van der Waals surface area contributed by atoms with Gasteiger partial charge in [0.25, 0.3) is 5.91 Å². The topological polar surface area (TPSA) is 68.5 Å². The van der Waals surface area contributed by atoms with Crippen LogP contribution in [-0.4, -0.2) is 40.7 Å². The minimum Gasteiger partial charge on any atom is -0.380 e. The third-order valence-electron chi connectivity index (χ3n) is 3.77. The van der Waals surface area contributed by atoms with E-state index in [0.717, 1.165) is 11.1 Å². The van der Waals surface area contributed by atoms with Crippen LogP contribution in [-0.2, 0) is 4.74 Å². The summed E-state index contributed by atoms with van der Waals surface area (Å²) in [5, 5.41) is 7.68. The Morgan fingerprint density at radius 1 is 1.48 bits per heavy atom. The van der Waals surface area contributed by atoms with Gasteiger partial charge in [-0.3, -0.25) is 4.79 Å². The largest absolute Gasteiger partial charge is 0.380 e. The molecule has 1 aliphatic rings. The zero-order valence-corrected chi connectivity index (χ0v) is 13.0. The number of ether oxygens (including phenoxy) is 1. The summed E-state index contributed by atoms with van der Waals surface area (Å²) in [7, 11) is 1.66. The zero-order chi connectivity index (χ0) is 15.0. The molecule has 21 heavy (non-hydrogen) atoms. The standard InChI is InChI=1S/C14H17N3O3S/c1-8-6-21-7-11(8)14(18)17-5-10(19-3)4-12(17)13-15-9(2)16-20-13/h6-7,10,12H,4-5H2,1-3H3/t10-,12+/m0/s1. The summed E-state index contributed by atoms with van der Waals surface area (Å²) < 4.78 is 10.7. The summed E-state index contributed by atoms with van der Waals surface area (Å²) in [6, 6.07) is -0.219. The molecular formula is C14H17N3O3S.